The van der Waals surface area contributed by atoms with E-state index in [-0.39, 0.29) is 11.5 Å². The van der Waals surface area contributed by atoms with Crippen molar-refractivity contribution in [2.24, 2.45) is 0 Å². The first-order valence-corrected chi connectivity index (χ1v) is 10.1. The van der Waals surface area contributed by atoms with E-state index in [1.165, 1.54) is 11.3 Å². The van der Waals surface area contributed by atoms with Crippen LogP contribution in [0, 0.1) is 6.92 Å². The molecule has 1 amide bonds. The van der Waals surface area contributed by atoms with Crippen molar-refractivity contribution in [3.05, 3.63) is 49.4 Å². The minimum absolute atomic E-state index is 0.0264. The molecular weight excluding hydrogens is 416 g/mol. The number of anilines is 1. The number of carbonyl (C=O) groups excluding carboxylic acids is 1. The maximum absolute atomic E-state index is 13.0. The molecule has 134 valence electrons. The number of aromatic nitrogens is 3. The summed E-state index contributed by atoms with van der Waals surface area (Å²) in [7, 11) is 0. The second-order valence-corrected chi connectivity index (χ2v) is 8.26. The van der Waals surface area contributed by atoms with E-state index in [1.54, 1.807) is 16.8 Å². The van der Waals surface area contributed by atoms with Crippen LogP contribution in [0.4, 0.5) is 5.82 Å². The van der Waals surface area contributed by atoms with Crippen LogP contribution in [0.5, 0.6) is 0 Å². The molecule has 0 bridgehead atoms. The van der Waals surface area contributed by atoms with Gasteiger partial charge in [-0.25, -0.2) is 9.97 Å². The van der Waals surface area contributed by atoms with Crippen LogP contribution in [0.3, 0.4) is 0 Å². The number of halogens is 1. The van der Waals surface area contributed by atoms with Gasteiger partial charge in [0.15, 0.2) is 0 Å². The zero-order chi connectivity index (χ0) is 18.3. The van der Waals surface area contributed by atoms with Gasteiger partial charge in [-0.1, -0.05) is 6.42 Å². The van der Waals surface area contributed by atoms with Gasteiger partial charge in [0.1, 0.15) is 16.5 Å². The lowest BCUT2D eigenvalue weighted by molar-refractivity contribution is 0.102. The van der Waals surface area contributed by atoms with Crippen LogP contribution in [0.25, 0.3) is 10.2 Å². The number of amides is 1. The van der Waals surface area contributed by atoms with E-state index in [4.69, 9.17) is 4.98 Å². The Morgan fingerprint density at radius 2 is 2.15 bits per heavy atom. The van der Waals surface area contributed by atoms with Gasteiger partial charge in [-0.15, -0.1) is 11.3 Å². The molecule has 0 aromatic carbocycles. The van der Waals surface area contributed by atoms with Crippen molar-refractivity contribution in [2.45, 2.75) is 39.2 Å². The minimum Gasteiger partial charge on any atom is -0.306 e. The molecule has 6 nitrogen and oxygen atoms in total. The first-order chi connectivity index (χ1) is 12.5. The molecule has 0 radical (unpaired) electrons. The van der Waals surface area contributed by atoms with Crippen LogP contribution in [0.1, 0.15) is 40.3 Å². The third-order valence-electron chi connectivity index (χ3n) is 4.59. The van der Waals surface area contributed by atoms with E-state index in [9.17, 15) is 9.59 Å². The zero-order valence-electron chi connectivity index (χ0n) is 14.2. The first-order valence-electron chi connectivity index (χ1n) is 8.50. The average molecular weight is 433 g/mol. The number of rotatable bonds is 2. The molecule has 0 atom stereocenters. The molecule has 8 heteroatoms. The predicted octanol–water partition coefficient (Wildman–Crippen LogP) is 3.90. The van der Waals surface area contributed by atoms with Gasteiger partial charge in [0.25, 0.3) is 11.5 Å². The van der Waals surface area contributed by atoms with Crippen LogP contribution in [-0.2, 0) is 13.0 Å². The quantitative estimate of drug-likeness (QED) is 0.665. The fraction of sp³-hybridized carbons (Fsp3) is 0.333. The van der Waals surface area contributed by atoms with Crippen molar-refractivity contribution in [3.8, 4) is 0 Å². The monoisotopic (exact) mass is 432 g/mol. The van der Waals surface area contributed by atoms with E-state index in [0.29, 0.717) is 33.0 Å². The van der Waals surface area contributed by atoms with Crippen molar-refractivity contribution in [1.29, 1.82) is 0 Å². The topological polar surface area (TPSA) is 76.9 Å². The summed E-state index contributed by atoms with van der Waals surface area (Å²) < 4.78 is 2.62. The molecule has 0 saturated carbocycles. The van der Waals surface area contributed by atoms with E-state index < -0.39 is 0 Å². The number of aryl methyl sites for hydroxylation is 2. The van der Waals surface area contributed by atoms with Crippen LogP contribution in [-0.4, -0.2) is 20.4 Å². The van der Waals surface area contributed by atoms with E-state index in [1.807, 2.05) is 13.0 Å². The van der Waals surface area contributed by atoms with Crippen LogP contribution < -0.4 is 10.9 Å². The van der Waals surface area contributed by atoms with Crippen molar-refractivity contribution in [3.63, 3.8) is 0 Å². The van der Waals surface area contributed by atoms with Crippen LogP contribution >= 0.6 is 27.3 Å². The van der Waals surface area contributed by atoms with Crippen LogP contribution in [0.15, 0.2) is 27.6 Å². The van der Waals surface area contributed by atoms with E-state index in [2.05, 4.69) is 26.2 Å². The molecule has 4 rings (SSSR count). The lowest BCUT2D eigenvalue weighted by Gasteiger charge is -2.08. The van der Waals surface area contributed by atoms with Gasteiger partial charge in [0, 0.05) is 23.6 Å². The third kappa shape index (κ3) is 3.07. The fourth-order valence-corrected chi connectivity index (χ4v) is 4.57. The van der Waals surface area contributed by atoms with Crippen molar-refractivity contribution in [2.75, 3.05) is 5.32 Å². The van der Waals surface area contributed by atoms with Crippen molar-refractivity contribution < 1.29 is 4.79 Å². The Hall–Kier alpha value is -2.06. The summed E-state index contributed by atoms with van der Waals surface area (Å²) in [5.74, 6) is 1.04. The smallest absolute Gasteiger partial charge is 0.267 e. The van der Waals surface area contributed by atoms with Crippen LogP contribution in [0.2, 0.25) is 0 Å². The van der Waals surface area contributed by atoms with Gasteiger partial charge < -0.3 is 5.32 Å². The molecule has 0 fully saturated rings. The molecule has 0 aliphatic carbocycles. The Labute approximate surface area is 162 Å². The Morgan fingerprint density at radius 1 is 1.31 bits per heavy atom. The molecule has 0 saturated heterocycles. The highest BCUT2D eigenvalue weighted by molar-refractivity contribution is 9.10. The van der Waals surface area contributed by atoms with Gasteiger partial charge in [0.05, 0.1) is 10.3 Å². The summed E-state index contributed by atoms with van der Waals surface area (Å²) in [4.78, 5) is 35.7. The molecular formula is C18H17BrN4O2S. The molecule has 0 unspecified atom stereocenters. The van der Waals surface area contributed by atoms with Crippen molar-refractivity contribution in [1.82, 2.24) is 14.5 Å². The zero-order valence-corrected chi connectivity index (χ0v) is 16.6. The number of hydrogen-bond donors (Lipinski definition) is 1. The van der Waals surface area contributed by atoms with Gasteiger partial charge in [-0.05, 0) is 53.4 Å². The van der Waals surface area contributed by atoms with Gasteiger partial charge >= 0.3 is 0 Å². The molecule has 1 aliphatic rings. The third-order valence-corrected chi connectivity index (χ3v) is 6.24. The lowest BCUT2D eigenvalue weighted by atomic mass is 10.2. The second-order valence-electron chi connectivity index (χ2n) is 6.35. The highest BCUT2D eigenvalue weighted by Crippen LogP contribution is 2.29. The van der Waals surface area contributed by atoms with Gasteiger partial charge in [-0.3, -0.25) is 14.2 Å². The Bertz CT molecular complexity index is 1060. The summed E-state index contributed by atoms with van der Waals surface area (Å²) in [5, 5.41) is 3.35. The maximum Gasteiger partial charge on any atom is 0.267 e. The Balaban J connectivity index is 1.75. The highest BCUT2D eigenvalue weighted by Gasteiger charge is 2.22. The normalized spacial score (nSPS) is 14.1. The maximum atomic E-state index is 13.0. The Kier molecular flexibility index (Phi) is 4.62. The fourth-order valence-electron chi connectivity index (χ4n) is 3.25. The molecule has 1 N–H and O–H groups in total. The number of thiophene rings is 1. The summed E-state index contributed by atoms with van der Waals surface area (Å²) in [6.45, 7) is 2.52. The molecule has 3 aromatic heterocycles. The Morgan fingerprint density at radius 3 is 2.92 bits per heavy atom. The average Bonchev–Trinajstić information content (AvgIpc) is 2.80. The number of pyridine rings is 1. The largest absolute Gasteiger partial charge is 0.306 e. The second kappa shape index (κ2) is 6.92. The summed E-state index contributed by atoms with van der Waals surface area (Å²) in [6.07, 6.45) is 5.59. The summed E-state index contributed by atoms with van der Waals surface area (Å²) >= 11 is 4.59. The minimum atomic E-state index is -0.264. The number of hydrogen-bond acceptors (Lipinski definition) is 5. The SMILES string of the molecule is Cc1c(C(=O)Nc2ccc(Br)cn2)sc2nc3n(c(=O)c12)CCCCC3. The van der Waals surface area contributed by atoms with E-state index in [0.717, 1.165) is 36.0 Å². The predicted molar refractivity (Wildman–Crippen MR) is 106 cm³/mol. The number of fused-ring (bicyclic) bond motifs is 2. The molecule has 0 spiro atoms. The molecule has 4 heterocycles. The molecule has 1 aliphatic heterocycles. The van der Waals surface area contributed by atoms with Gasteiger partial charge in [-0.2, -0.15) is 0 Å². The van der Waals surface area contributed by atoms with Crippen molar-refractivity contribution >= 4 is 49.2 Å². The summed E-state index contributed by atoms with van der Waals surface area (Å²) in [6, 6.07) is 3.53. The standard InChI is InChI=1S/C18H17BrN4O2S/c1-10-14-17(22-13-5-3-2-4-8-23(13)18(14)25)26-15(10)16(24)21-12-7-6-11(19)9-20-12/h6-7,9H,2-5,8H2,1H3,(H,20,21,24). The van der Waals surface area contributed by atoms with E-state index >= 15 is 0 Å². The number of carbonyl (C=O) groups is 1. The van der Waals surface area contributed by atoms with Gasteiger partial charge in [0.2, 0.25) is 0 Å². The highest BCUT2D eigenvalue weighted by atomic mass is 79.9. The molecule has 3 aromatic rings. The number of nitrogens with zero attached hydrogens (tertiary/aromatic N) is 3. The lowest BCUT2D eigenvalue weighted by Crippen LogP contribution is -2.24. The first kappa shape index (κ1) is 17.4. The molecule has 26 heavy (non-hydrogen) atoms. The number of nitrogens with one attached hydrogen (secondary N) is 1. The summed E-state index contributed by atoms with van der Waals surface area (Å²) in [5.41, 5.74) is 0.665.